The number of aryl methyl sites for hydroxylation is 1. The molecule has 1 aliphatic rings. The number of para-hydroxylation sites is 1. The van der Waals surface area contributed by atoms with Gasteiger partial charge in [-0.3, -0.25) is 4.79 Å². The quantitative estimate of drug-likeness (QED) is 0.562. The van der Waals surface area contributed by atoms with Gasteiger partial charge in [-0.2, -0.15) is 0 Å². The van der Waals surface area contributed by atoms with Crippen LogP contribution in [0.5, 0.6) is 0 Å². The number of nitrogens with one attached hydrogen (secondary N) is 3. The van der Waals surface area contributed by atoms with Crippen LogP contribution in [0.15, 0.2) is 48.5 Å². The molecule has 28 heavy (non-hydrogen) atoms. The highest BCUT2D eigenvalue weighted by atomic mass is 32.2. The van der Waals surface area contributed by atoms with Crippen LogP contribution in [-0.2, 0) is 21.1 Å². The predicted molar refractivity (Wildman–Crippen MR) is 111 cm³/mol. The maximum absolute atomic E-state index is 12.2. The van der Waals surface area contributed by atoms with Crippen molar-refractivity contribution in [2.24, 2.45) is 0 Å². The molecule has 1 aliphatic heterocycles. The molecule has 0 spiro atoms. The van der Waals surface area contributed by atoms with Crippen molar-refractivity contribution in [3.05, 3.63) is 54.1 Å². The lowest BCUT2D eigenvalue weighted by molar-refractivity contribution is -0.114. The third-order valence-corrected chi connectivity index (χ3v) is 6.40. The Morgan fingerprint density at radius 1 is 1.07 bits per heavy atom. The average molecular weight is 404 g/mol. The first-order chi connectivity index (χ1) is 13.4. The number of sulfone groups is 1. The van der Waals surface area contributed by atoms with Crippen LogP contribution >= 0.6 is 0 Å². The SMILES string of the molecule is CCc1ccccc1NC(=O)CNc1ccc(NC2CS(=O)(=O)CC2O)cc1. The second-order valence-corrected chi connectivity index (χ2v) is 9.04. The van der Waals surface area contributed by atoms with Crippen LogP contribution in [0.3, 0.4) is 0 Å². The van der Waals surface area contributed by atoms with Crippen molar-refractivity contribution in [1.82, 2.24) is 0 Å². The van der Waals surface area contributed by atoms with E-state index in [0.717, 1.165) is 23.4 Å². The molecule has 2 aromatic carbocycles. The van der Waals surface area contributed by atoms with E-state index in [1.54, 1.807) is 24.3 Å². The molecule has 1 saturated heterocycles. The third kappa shape index (κ3) is 5.24. The van der Waals surface area contributed by atoms with E-state index in [-0.39, 0.29) is 24.0 Å². The Labute approximate surface area is 165 Å². The Hall–Kier alpha value is -2.58. The van der Waals surface area contributed by atoms with Crippen LogP contribution in [0, 0.1) is 0 Å². The number of aliphatic hydroxyl groups excluding tert-OH is 1. The molecule has 150 valence electrons. The zero-order chi connectivity index (χ0) is 20.1. The smallest absolute Gasteiger partial charge is 0.243 e. The number of carbonyl (C=O) groups excluding carboxylic acids is 1. The Balaban J connectivity index is 1.51. The molecule has 8 heteroatoms. The predicted octanol–water partition coefficient (Wildman–Crippen LogP) is 1.87. The molecule has 1 heterocycles. The summed E-state index contributed by atoms with van der Waals surface area (Å²) in [6.45, 7) is 2.17. The summed E-state index contributed by atoms with van der Waals surface area (Å²) in [6, 6.07) is 14.4. The highest BCUT2D eigenvalue weighted by Gasteiger charge is 2.36. The molecule has 2 atom stereocenters. The van der Waals surface area contributed by atoms with E-state index in [1.165, 1.54) is 0 Å². The van der Waals surface area contributed by atoms with Gasteiger partial charge >= 0.3 is 0 Å². The van der Waals surface area contributed by atoms with Gasteiger partial charge in [0, 0.05) is 17.1 Å². The van der Waals surface area contributed by atoms with E-state index in [2.05, 4.69) is 16.0 Å². The fraction of sp³-hybridized carbons (Fsp3) is 0.350. The van der Waals surface area contributed by atoms with Crippen molar-refractivity contribution in [1.29, 1.82) is 0 Å². The topological polar surface area (TPSA) is 108 Å². The summed E-state index contributed by atoms with van der Waals surface area (Å²) in [5.74, 6) is -0.420. The van der Waals surface area contributed by atoms with Crippen molar-refractivity contribution in [3.63, 3.8) is 0 Å². The molecule has 2 aromatic rings. The van der Waals surface area contributed by atoms with Gasteiger partial charge in [-0.25, -0.2) is 8.42 Å². The standard InChI is InChI=1S/C20H25N3O4S/c1-2-14-5-3-4-6-17(14)23-20(25)11-21-15-7-9-16(10-8-15)22-18-12-28(26,27)13-19(18)24/h3-10,18-19,21-22,24H,2,11-13H2,1H3,(H,23,25). The van der Waals surface area contributed by atoms with E-state index in [1.807, 2.05) is 31.2 Å². The zero-order valence-corrected chi connectivity index (χ0v) is 16.5. The lowest BCUT2D eigenvalue weighted by atomic mass is 10.1. The molecule has 7 nitrogen and oxygen atoms in total. The minimum absolute atomic E-state index is 0.0758. The summed E-state index contributed by atoms with van der Waals surface area (Å²) >= 11 is 0. The number of rotatable bonds is 7. The molecule has 2 unspecified atom stereocenters. The summed E-state index contributed by atoms with van der Waals surface area (Å²) in [6.07, 6.45) is -0.0625. The number of anilines is 3. The molecule has 3 rings (SSSR count). The van der Waals surface area contributed by atoms with Gasteiger partial charge in [0.25, 0.3) is 0 Å². The van der Waals surface area contributed by atoms with Gasteiger partial charge in [-0.15, -0.1) is 0 Å². The molecule has 0 bridgehead atoms. The maximum Gasteiger partial charge on any atom is 0.243 e. The Morgan fingerprint density at radius 3 is 2.39 bits per heavy atom. The fourth-order valence-corrected chi connectivity index (χ4v) is 4.93. The van der Waals surface area contributed by atoms with Crippen LogP contribution in [0.1, 0.15) is 12.5 Å². The monoisotopic (exact) mass is 403 g/mol. The summed E-state index contributed by atoms with van der Waals surface area (Å²) < 4.78 is 23.1. The van der Waals surface area contributed by atoms with Crippen molar-refractivity contribution in [2.75, 3.05) is 34.0 Å². The van der Waals surface area contributed by atoms with Gasteiger partial charge in [0.2, 0.25) is 5.91 Å². The first-order valence-corrected chi connectivity index (χ1v) is 11.0. The third-order valence-electron chi connectivity index (χ3n) is 4.69. The zero-order valence-electron chi connectivity index (χ0n) is 15.7. The fourth-order valence-electron chi connectivity index (χ4n) is 3.19. The summed E-state index contributed by atoms with van der Waals surface area (Å²) in [7, 11) is -3.19. The van der Waals surface area contributed by atoms with E-state index >= 15 is 0 Å². The highest BCUT2D eigenvalue weighted by molar-refractivity contribution is 7.91. The van der Waals surface area contributed by atoms with Crippen LogP contribution in [-0.4, -0.2) is 49.6 Å². The van der Waals surface area contributed by atoms with Crippen LogP contribution in [0.2, 0.25) is 0 Å². The van der Waals surface area contributed by atoms with Crippen molar-refractivity contribution >= 4 is 32.8 Å². The second-order valence-electron chi connectivity index (χ2n) is 6.88. The van der Waals surface area contributed by atoms with Crippen molar-refractivity contribution in [3.8, 4) is 0 Å². The van der Waals surface area contributed by atoms with Crippen LogP contribution in [0.4, 0.5) is 17.1 Å². The van der Waals surface area contributed by atoms with Crippen LogP contribution < -0.4 is 16.0 Å². The van der Waals surface area contributed by atoms with Gasteiger partial charge in [-0.1, -0.05) is 25.1 Å². The summed E-state index contributed by atoms with van der Waals surface area (Å²) in [5, 5.41) is 18.9. The van der Waals surface area contributed by atoms with Gasteiger partial charge in [0.05, 0.1) is 30.2 Å². The Morgan fingerprint density at radius 2 is 1.75 bits per heavy atom. The molecular weight excluding hydrogens is 378 g/mol. The number of benzene rings is 2. The van der Waals surface area contributed by atoms with Gasteiger partial charge < -0.3 is 21.1 Å². The number of hydrogen-bond donors (Lipinski definition) is 4. The number of aliphatic hydroxyl groups is 1. The van der Waals surface area contributed by atoms with E-state index in [9.17, 15) is 18.3 Å². The molecular formula is C20H25N3O4S. The molecule has 1 amide bonds. The molecule has 0 aliphatic carbocycles. The van der Waals surface area contributed by atoms with Gasteiger partial charge in [0.1, 0.15) is 0 Å². The molecule has 0 saturated carbocycles. The first kappa shape index (κ1) is 20.2. The molecule has 1 fully saturated rings. The summed E-state index contributed by atoms with van der Waals surface area (Å²) in [5.41, 5.74) is 3.39. The van der Waals surface area contributed by atoms with Crippen LogP contribution in [0.25, 0.3) is 0 Å². The average Bonchev–Trinajstić information content (AvgIpc) is 2.93. The molecule has 0 aromatic heterocycles. The Bertz CT molecular complexity index is 929. The minimum Gasteiger partial charge on any atom is -0.390 e. The van der Waals surface area contributed by atoms with E-state index < -0.39 is 22.0 Å². The summed E-state index contributed by atoms with van der Waals surface area (Å²) in [4.78, 5) is 12.2. The number of hydrogen-bond acceptors (Lipinski definition) is 6. The number of carbonyl (C=O) groups is 1. The molecule has 4 N–H and O–H groups in total. The second kappa shape index (κ2) is 8.62. The van der Waals surface area contributed by atoms with E-state index in [0.29, 0.717) is 5.69 Å². The maximum atomic E-state index is 12.2. The lowest BCUT2D eigenvalue weighted by Crippen LogP contribution is -2.31. The van der Waals surface area contributed by atoms with E-state index in [4.69, 9.17) is 0 Å². The largest absolute Gasteiger partial charge is 0.390 e. The highest BCUT2D eigenvalue weighted by Crippen LogP contribution is 2.20. The van der Waals surface area contributed by atoms with Crippen molar-refractivity contribution in [2.45, 2.75) is 25.5 Å². The number of amides is 1. The Kier molecular flexibility index (Phi) is 6.21. The molecule has 0 radical (unpaired) electrons. The lowest BCUT2D eigenvalue weighted by Gasteiger charge is -2.16. The van der Waals surface area contributed by atoms with Crippen molar-refractivity contribution < 1.29 is 18.3 Å². The minimum atomic E-state index is -3.19. The first-order valence-electron chi connectivity index (χ1n) is 9.23. The van der Waals surface area contributed by atoms with Gasteiger partial charge in [0.15, 0.2) is 9.84 Å². The normalized spacial score (nSPS) is 20.5. The van der Waals surface area contributed by atoms with Gasteiger partial charge in [-0.05, 0) is 42.3 Å².